The van der Waals surface area contributed by atoms with E-state index in [1.165, 1.54) is 11.5 Å². The van der Waals surface area contributed by atoms with Crippen molar-refractivity contribution in [3.63, 3.8) is 0 Å². The van der Waals surface area contributed by atoms with Gasteiger partial charge in [0.05, 0.1) is 6.04 Å². The Morgan fingerprint density at radius 2 is 2.05 bits per heavy atom. The SMILES string of the molecule is CC(C)[C@H](N)C(=O)Nc1nc(Cc2ccccc2)ns1. The van der Waals surface area contributed by atoms with E-state index < -0.39 is 6.04 Å². The van der Waals surface area contributed by atoms with Gasteiger partial charge in [0.1, 0.15) is 5.82 Å². The van der Waals surface area contributed by atoms with Gasteiger partial charge in [-0.1, -0.05) is 44.2 Å². The first-order valence-corrected chi connectivity index (χ1v) is 7.26. The summed E-state index contributed by atoms with van der Waals surface area (Å²) in [6, 6.07) is 9.44. The van der Waals surface area contributed by atoms with Crippen molar-refractivity contribution in [2.75, 3.05) is 5.32 Å². The molecule has 6 heteroatoms. The Morgan fingerprint density at radius 1 is 1.35 bits per heavy atom. The molecule has 5 nitrogen and oxygen atoms in total. The first-order chi connectivity index (χ1) is 9.56. The topological polar surface area (TPSA) is 80.9 Å². The zero-order valence-corrected chi connectivity index (χ0v) is 12.4. The number of hydrogen-bond donors (Lipinski definition) is 2. The highest BCUT2D eigenvalue weighted by Gasteiger charge is 2.18. The number of carbonyl (C=O) groups is 1. The Morgan fingerprint density at radius 3 is 2.70 bits per heavy atom. The van der Waals surface area contributed by atoms with E-state index in [1.54, 1.807) is 0 Å². The molecule has 0 aliphatic carbocycles. The Kier molecular flexibility index (Phi) is 4.81. The molecule has 0 saturated carbocycles. The summed E-state index contributed by atoms with van der Waals surface area (Å²) in [5.74, 6) is 0.573. The number of anilines is 1. The standard InChI is InChI=1S/C14H18N4OS/c1-9(2)12(15)13(19)17-14-16-11(18-20-14)8-10-6-4-3-5-7-10/h3-7,9,12H,8,15H2,1-2H3,(H,16,17,18,19)/t12-/m0/s1. The fourth-order valence-electron chi connectivity index (χ4n) is 1.65. The molecule has 20 heavy (non-hydrogen) atoms. The molecule has 2 aromatic rings. The number of benzene rings is 1. The summed E-state index contributed by atoms with van der Waals surface area (Å²) in [6.45, 7) is 3.82. The predicted molar refractivity (Wildman–Crippen MR) is 80.6 cm³/mol. The van der Waals surface area contributed by atoms with Gasteiger partial charge in [-0.3, -0.25) is 10.1 Å². The molecule has 1 heterocycles. The molecule has 2 rings (SSSR count). The van der Waals surface area contributed by atoms with E-state index in [9.17, 15) is 4.79 Å². The molecule has 1 aromatic carbocycles. The van der Waals surface area contributed by atoms with Gasteiger partial charge in [0.15, 0.2) is 0 Å². The molecule has 0 saturated heterocycles. The van der Waals surface area contributed by atoms with E-state index in [2.05, 4.69) is 14.7 Å². The van der Waals surface area contributed by atoms with Crippen molar-refractivity contribution >= 4 is 22.6 Å². The third-order valence-corrected chi connectivity index (χ3v) is 3.59. The van der Waals surface area contributed by atoms with Crippen LogP contribution in [0, 0.1) is 5.92 Å². The van der Waals surface area contributed by atoms with Crippen molar-refractivity contribution < 1.29 is 4.79 Å². The van der Waals surface area contributed by atoms with Crippen LogP contribution in [0.25, 0.3) is 0 Å². The molecule has 0 bridgehead atoms. The van der Waals surface area contributed by atoms with Gasteiger partial charge >= 0.3 is 0 Å². The minimum Gasteiger partial charge on any atom is -0.320 e. The van der Waals surface area contributed by atoms with Crippen LogP contribution in [0.1, 0.15) is 25.2 Å². The van der Waals surface area contributed by atoms with Gasteiger partial charge in [-0.2, -0.15) is 4.37 Å². The monoisotopic (exact) mass is 290 g/mol. The zero-order valence-electron chi connectivity index (χ0n) is 11.5. The number of nitrogens with one attached hydrogen (secondary N) is 1. The minimum atomic E-state index is -0.531. The first kappa shape index (κ1) is 14.6. The van der Waals surface area contributed by atoms with Crippen LogP contribution in [0.3, 0.4) is 0 Å². The second-order valence-electron chi connectivity index (χ2n) is 4.94. The predicted octanol–water partition coefficient (Wildman–Crippen LogP) is 2.05. The Balaban J connectivity index is 1.97. The summed E-state index contributed by atoms with van der Waals surface area (Å²) >= 11 is 1.18. The summed E-state index contributed by atoms with van der Waals surface area (Å²) in [5.41, 5.74) is 6.92. The van der Waals surface area contributed by atoms with E-state index in [1.807, 2.05) is 44.2 Å². The number of rotatable bonds is 5. The third kappa shape index (κ3) is 3.85. The van der Waals surface area contributed by atoms with Crippen molar-refractivity contribution in [3.8, 4) is 0 Å². The molecule has 106 valence electrons. The highest BCUT2D eigenvalue weighted by molar-refractivity contribution is 7.09. The highest BCUT2D eigenvalue weighted by atomic mass is 32.1. The number of nitrogens with two attached hydrogens (primary N) is 1. The van der Waals surface area contributed by atoms with Crippen LogP contribution in [0.2, 0.25) is 0 Å². The number of nitrogens with zero attached hydrogens (tertiary/aromatic N) is 2. The highest BCUT2D eigenvalue weighted by Crippen LogP contribution is 2.15. The summed E-state index contributed by atoms with van der Waals surface area (Å²) in [5, 5.41) is 3.21. The largest absolute Gasteiger partial charge is 0.320 e. The summed E-state index contributed by atoms with van der Waals surface area (Å²) in [6.07, 6.45) is 0.656. The van der Waals surface area contributed by atoms with Gasteiger partial charge in [0.25, 0.3) is 0 Å². The molecule has 1 aromatic heterocycles. The molecule has 0 aliphatic rings. The summed E-state index contributed by atoms with van der Waals surface area (Å²) in [7, 11) is 0. The third-order valence-electron chi connectivity index (χ3n) is 2.92. The molecular weight excluding hydrogens is 272 g/mol. The van der Waals surface area contributed by atoms with E-state index in [-0.39, 0.29) is 11.8 Å². The number of carbonyl (C=O) groups excluding carboxylic acids is 1. The Hall–Kier alpha value is -1.79. The lowest BCUT2D eigenvalue weighted by Gasteiger charge is -2.13. The van der Waals surface area contributed by atoms with Crippen LogP contribution < -0.4 is 11.1 Å². The van der Waals surface area contributed by atoms with Crippen LogP contribution in [0.15, 0.2) is 30.3 Å². The van der Waals surface area contributed by atoms with Crippen molar-refractivity contribution in [1.82, 2.24) is 9.36 Å². The maximum atomic E-state index is 11.8. The van der Waals surface area contributed by atoms with Crippen molar-refractivity contribution in [1.29, 1.82) is 0 Å². The van der Waals surface area contributed by atoms with Crippen molar-refractivity contribution in [2.45, 2.75) is 26.3 Å². The van der Waals surface area contributed by atoms with Crippen LogP contribution in [-0.2, 0) is 11.2 Å². The molecule has 0 fully saturated rings. The van der Waals surface area contributed by atoms with Crippen LogP contribution in [-0.4, -0.2) is 21.3 Å². The van der Waals surface area contributed by atoms with Gasteiger partial charge in [-0.25, -0.2) is 4.98 Å². The molecule has 1 amide bonds. The molecule has 1 atom stereocenters. The first-order valence-electron chi connectivity index (χ1n) is 6.49. The van der Waals surface area contributed by atoms with Gasteiger partial charge in [-0.15, -0.1) is 0 Å². The second kappa shape index (κ2) is 6.58. The quantitative estimate of drug-likeness (QED) is 0.883. The van der Waals surface area contributed by atoms with E-state index in [0.29, 0.717) is 17.4 Å². The maximum absolute atomic E-state index is 11.8. The smallest absolute Gasteiger partial charge is 0.243 e. The number of aromatic nitrogens is 2. The fraction of sp³-hybridized carbons (Fsp3) is 0.357. The van der Waals surface area contributed by atoms with Gasteiger partial charge in [0.2, 0.25) is 11.0 Å². The number of hydrogen-bond acceptors (Lipinski definition) is 5. The van der Waals surface area contributed by atoms with E-state index in [0.717, 1.165) is 5.56 Å². The Bertz CT molecular complexity index is 568. The Labute approximate surface area is 122 Å². The lowest BCUT2D eigenvalue weighted by atomic mass is 10.1. The maximum Gasteiger partial charge on any atom is 0.243 e. The normalized spacial score (nSPS) is 12.4. The molecule has 0 aliphatic heterocycles. The second-order valence-corrected chi connectivity index (χ2v) is 5.69. The average Bonchev–Trinajstić information content (AvgIpc) is 2.86. The van der Waals surface area contributed by atoms with Gasteiger partial charge < -0.3 is 5.73 Å². The van der Waals surface area contributed by atoms with E-state index >= 15 is 0 Å². The van der Waals surface area contributed by atoms with Crippen molar-refractivity contribution in [3.05, 3.63) is 41.7 Å². The fourth-order valence-corrected chi connectivity index (χ4v) is 2.24. The molecule has 3 N–H and O–H groups in total. The number of amides is 1. The van der Waals surface area contributed by atoms with Crippen LogP contribution >= 0.6 is 11.5 Å². The summed E-state index contributed by atoms with van der Waals surface area (Å²) in [4.78, 5) is 16.1. The molecule has 0 unspecified atom stereocenters. The van der Waals surface area contributed by atoms with Gasteiger partial charge in [-0.05, 0) is 11.5 Å². The molecular formula is C14H18N4OS. The van der Waals surface area contributed by atoms with Crippen molar-refractivity contribution in [2.24, 2.45) is 11.7 Å². The molecule has 0 spiro atoms. The van der Waals surface area contributed by atoms with Crippen LogP contribution in [0.5, 0.6) is 0 Å². The lowest BCUT2D eigenvalue weighted by molar-refractivity contribution is -0.118. The zero-order chi connectivity index (χ0) is 14.5. The average molecular weight is 290 g/mol. The molecule has 0 radical (unpaired) electrons. The summed E-state index contributed by atoms with van der Waals surface area (Å²) < 4.78 is 4.24. The lowest BCUT2D eigenvalue weighted by Crippen LogP contribution is -2.39. The van der Waals surface area contributed by atoms with Crippen LogP contribution in [0.4, 0.5) is 5.13 Å². The van der Waals surface area contributed by atoms with E-state index in [4.69, 9.17) is 5.73 Å². The van der Waals surface area contributed by atoms with Gasteiger partial charge in [0, 0.05) is 18.0 Å². The minimum absolute atomic E-state index is 0.0895.